The van der Waals surface area contributed by atoms with E-state index in [2.05, 4.69) is 6.58 Å². The Bertz CT molecular complexity index is 128. The summed E-state index contributed by atoms with van der Waals surface area (Å²) in [5, 5.41) is 0. The van der Waals surface area contributed by atoms with Crippen molar-refractivity contribution in [1.82, 2.24) is 0 Å². The predicted molar refractivity (Wildman–Crippen MR) is 50.9 cm³/mol. The summed E-state index contributed by atoms with van der Waals surface area (Å²) in [7, 11) is 0. The summed E-state index contributed by atoms with van der Waals surface area (Å²) in [6.45, 7) is 5.17. The number of hydrogen-bond acceptors (Lipinski definition) is 2. The molecule has 0 atom stereocenters. The summed E-state index contributed by atoms with van der Waals surface area (Å²) in [6, 6.07) is 0. The maximum atomic E-state index is 5.59. The Morgan fingerprint density at radius 1 is 1.33 bits per heavy atom. The normalized spacial score (nSPS) is 30.1. The summed E-state index contributed by atoms with van der Waals surface area (Å²) in [6.07, 6.45) is 7.10. The summed E-state index contributed by atoms with van der Waals surface area (Å²) in [5.41, 5.74) is 5.59. The molecule has 2 N–H and O–H groups in total. The van der Waals surface area contributed by atoms with Crippen molar-refractivity contribution in [3.63, 3.8) is 0 Å². The smallest absolute Gasteiger partial charge is 0.0648 e. The van der Waals surface area contributed by atoms with Gasteiger partial charge in [0.05, 0.1) is 12.7 Å². The lowest BCUT2D eigenvalue weighted by Gasteiger charge is -2.27. The van der Waals surface area contributed by atoms with E-state index in [0.717, 1.165) is 12.5 Å². The van der Waals surface area contributed by atoms with Crippen LogP contribution in [0.1, 0.15) is 25.7 Å². The van der Waals surface area contributed by atoms with Crippen LogP contribution >= 0.6 is 0 Å². The summed E-state index contributed by atoms with van der Waals surface area (Å²) < 4.78 is 5.57. The maximum absolute atomic E-state index is 5.59. The molecule has 1 rings (SSSR count). The Balaban J connectivity index is 2.12. The molecule has 0 saturated heterocycles. The van der Waals surface area contributed by atoms with Crippen molar-refractivity contribution in [2.45, 2.75) is 31.8 Å². The van der Waals surface area contributed by atoms with Gasteiger partial charge in [-0.05, 0) is 38.1 Å². The van der Waals surface area contributed by atoms with Crippen molar-refractivity contribution < 1.29 is 4.74 Å². The molecule has 0 unspecified atom stereocenters. The lowest BCUT2D eigenvalue weighted by atomic mass is 9.87. The van der Waals surface area contributed by atoms with E-state index in [0.29, 0.717) is 12.7 Å². The van der Waals surface area contributed by atoms with E-state index in [-0.39, 0.29) is 0 Å². The fraction of sp³-hybridized carbons (Fsp3) is 0.800. The molecule has 0 aromatic rings. The van der Waals surface area contributed by atoms with Gasteiger partial charge in [-0.2, -0.15) is 0 Å². The molecule has 0 aromatic carbocycles. The van der Waals surface area contributed by atoms with Crippen LogP contribution in [-0.4, -0.2) is 19.3 Å². The van der Waals surface area contributed by atoms with Crippen LogP contribution in [0.15, 0.2) is 12.7 Å². The molecule has 2 heteroatoms. The molecule has 0 radical (unpaired) electrons. The van der Waals surface area contributed by atoms with Crippen LogP contribution in [0, 0.1) is 5.92 Å². The van der Waals surface area contributed by atoms with Gasteiger partial charge in [0, 0.05) is 0 Å². The highest BCUT2D eigenvalue weighted by Crippen LogP contribution is 2.25. The molecule has 0 aliphatic heterocycles. The van der Waals surface area contributed by atoms with E-state index in [1.54, 1.807) is 0 Å². The zero-order valence-electron chi connectivity index (χ0n) is 7.67. The molecule has 0 heterocycles. The van der Waals surface area contributed by atoms with Gasteiger partial charge in [-0.25, -0.2) is 0 Å². The van der Waals surface area contributed by atoms with Crippen LogP contribution in [0.3, 0.4) is 0 Å². The van der Waals surface area contributed by atoms with Gasteiger partial charge in [0.2, 0.25) is 0 Å². The van der Waals surface area contributed by atoms with E-state index in [1.165, 1.54) is 25.7 Å². The van der Waals surface area contributed by atoms with E-state index >= 15 is 0 Å². The standard InChI is InChI=1S/C10H19NO/c1-2-7-12-10-5-3-9(8-11)4-6-10/h2,9-10H,1,3-8,11H2. The van der Waals surface area contributed by atoms with Crippen molar-refractivity contribution in [3.8, 4) is 0 Å². The Morgan fingerprint density at radius 2 is 2.00 bits per heavy atom. The molecule has 1 aliphatic rings. The largest absolute Gasteiger partial charge is 0.374 e. The van der Waals surface area contributed by atoms with Gasteiger partial charge in [-0.15, -0.1) is 6.58 Å². The first kappa shape index (κ1) is 9.75. The summed E-state index contributed by atoms with van der Waals surface area (Å²) >= 11 is 0. The quantitative estimate of drug-likeness (QED) is 0.650. The van der Waals surface area contributed by atoms with Gasteiger partial charge in [-0.1, -0.05) is 6.08 Å². The molecule has 0 aromatic heterocycles. The van der Waals surface area contributed by atoms with Gasteiger partial charge in [-0.3, -0.25) is 0 Å². The minimum atomic E-state index is 0.464. The Labute approximate surface area is 74.8 Å². The summed E-state index contributed by atoms with van der Waals surface area (Å²) in [5.74, 6) is 0.744. The fourth-order valence-corrected chi connectivity index (χ4v) is 1.74. The lowest BCUT2D eigenvalue weighted by Crippen LogP contribution is -2.25. The van der Waals surface area contributed by atoms with E-state index in [9.17, 15) is 0 Å². The monoisotopic (exact) mass is 169 g/mol. The van der Waals surface area contributed by atoms with E-state index < -0.39 is 0 Å². The molecule has 0 amide bonds. The van der Waals surface area contributed by atoms with E-state index in [1.807, 2.05) is 6.08 Å². The highest BCUT2D eigenvalue weighted by Gasteiger charge is 2.19. The molecule has 0 spiro atoms. The van der Waals surface area contributed by atoms with Gasteiger partial charge >= 0.3 is 0 Å². The second-order valence-corrected chi connectivity index (χ2v) is 3.50. The third kappa shape index (κ3) is 2.95. The first-order valence-electron chi connectivity index (χ1n) is 4.79. The van der Waals surface area contributed by atoms with Crippen LogP contribution in [0.5, 0.6) is 0 Å². The maximum Gasteiger partial charge on any atom is 0.0648 e. The minimum absolute atomic E-state index is 0.464. The number of hydrogen-bond donors (Lipinski definition) is 1. The van der Waals surface area contributed by atoms with Crippen molar-refractivity contribution in [2.24, 2.45) is 11.7 Å². The zero-order valence-corrected chi connectivity index (χ0v) is 7.67. The van der Waals surface area contributed by atoms with Crippen LogP contribution < -0.4 is 5.73 Å². The number of nitrogens with two attached hydrogens (primary N) is 1. The zero-order chi connectivity index (χ0) is 8.81. The van der Waals surface area contributed by atoms with E-state index in [4.69, 9.17) is 10.5 Å². The highest BCUT2D eigenvalue weighted by atomic mass is 16.5. The SMILES string of the molecule is C=CCOC1CCC(CN)CC1. The first-order valence-corrected chi connectivity index (χ1v) is 4.79. The van der Waals surface area contributed by atoms with Crippen LogP contribution in [0.2, 0.25) is 0 Å². The second-order valence-electron chi connectivity index (χ2n) is 3.50. The average Bonchev–Trinajstić information content (AvgIpc) is 2.15. The molecule has 70 valence electrons. The highest BCUT2D eigenvalue weighted by molar-refractivity contribution is 4.74. The van der Waals surface area contributed by atoms with Crippen molar-refractivity contribution in [2.75, 3.05) is 13.2 Å². The third-order valence-corrected chi connectivity index (χ3v) is 2.58. The Hall–Kier alpha value is -0.340. The number of ether oxygens (including phenoxy) is 1. The minimum Gasteiger partial charge on any atom is -0.374 e. The molecular formula is C10H19NO. The lowest BCUT2D eigenvalue weighted by molar-refractivity contribution is 0.0358. The van der Waals surface area contributed by atoms with Gasteiger partial charge in [0.1, 0.15) is 0 Å². The van der Waals surface area contributed by atoms with Crippen molar-refractivity contribution >= 4 is 0 Å². The summed E-state index contributed by atoms with van der Waals surface area (Å²) in [4.78, 5) is 0. The Morgan fingerprint density at radius 3 is 2.50 bits per heavy atom. The van der Waals surface area contributed by atoms with Gasteiger partial charge in [0.25, 0.3) is 0 Å². The predicted octanol–water partition coefficient (Wildman–Crippen LogP) is 1.71. The molecule has 1 saturated carbocycles. The molecule has 12 heavy (non-hydrogen) atoms. The molecular weight excluding hydrogens is 150 g/mol. The van der Waals surface area contributed by atoms with Crippen LogP contribution in [0.4, 0.5) is 0 Å². The average molecular weight is 169 g/mol. The molecule has 0 bridgehead atoms. The van der Waals surface area contributed by atoms with Gasteiger partial charge in [0.15, 0.2) is 0 Å². The second kappa shape index (κ2) is 5.33. The molecule has 1 aliphatic carbocycles. The van der Waals surface area contributed by atoms with Gasteiger partial charge < -0.3 is 10.5 Å². The molecule has 1 fully saturated rings. The van der Waals surface area contributed by atoms with Crippen LogP contribution in [0.25, 0.3) is 0 Å². The first-order chi connectivity index (χ1) is 5.86. The molecule has 2 nitrogen and oxygen atoms in total. The van der Waals surface area contributed by atoms with Crippen molar-refractivity contribution in [3.05, 3.63) is 12.7 Å². The van der Waals surface area contributed by atoms with Crippen LogP contribution in [-0.2, 0) is 4.74 Å². The third-order valence-electron chi connectivity index (χ3n) is 2.58. The fourth-order valence-electron chi connectivity index (χ4n) is 1.74. The topological polar surface area (TPSA) is 35.2 Å². The van der Waals surface area contributed by atoms with Crippen molar-refractivity contribution in [1.29, 1.82) is 0 Å². The number of rotatable bonds is 4. The Kier molecular flexibility index (Phi) is 4.33.